The average Bonchev–Trinajstić information content (AvgIpc) is 2.25. The van der Waals surface area contributed by atoms with Gasteiger partial charge in [-0.1, -0.05) is 41.5 Å². The van der Waals surface area contributed by atoms with E-state index in [1.165, 1.54) is 0 Å². The van der Waals surface area contributed by atoms with Gasteiger partial charge in [0.05, 0.1) is 12.2 Å². The molecule has 0 bridgehead atoms. The van der Waals surface area contributed by atoms with Gasteiger partial charge in [-0.3, -0.25) is 0 Å². The van der Waals surface area contributed by atoms with Gasteiger partial charge in [0.25, 0.3) is 0 Å². The minimum Gasteiger partial charge on any atom is -0.351 e. The molecule has 0 amide bonds. The van der Waals surface area contributed by atoms with E-state index in [-0.39, 0.29) is 23.0 Å². The van der Waals surface area contributed by atoms with E-state index in [0.29, 0.717) is 0 Å². The predicted molar refractivity (Wildman–Crippen MR) is 74.9 cm³/mol. The van der Waals surface area contributed by atoms with Crippen LogP contribution in [0.1, 0.15) is 48.5 Å². The lowest BCUT2D eigenvalue weighted by molar-refractivity contribution is -0.421. The van der Waals surface area contributed by atoms with Crippen LogP contribution in [-0.4, -0.2) is 38.5 Å². The SMILES string of the molecule is COC1OC(C(C)(C)C)C(C(C)(C)C)O[C@@]1(C)OC. The van der Waals surface area contributed by atoms with E-state index in [9.17, 15) is 0 Å². The molecule has 0 spiro atoms. The predicted octanol–water partition coefficient (Wildman–Crippen LogP) is 3.20. The van der Waals surface area contributed by atoms with Crippen LogP contribution in [0.2, 0.25) is 0 Å². The van der Waals surface area contributed by atoms with E-state index in [2.05, 4.69) is 41.5 Å². The van der Waals surface area contributed by atoms with Crippen molar-refractivity contribution < 1.29 is 18.9 Å². The van der Waals surface area contributed by atoms with Gasteiger partial charge in [0, 0.05) is 14.2 Å². The van der Waals surface area contributed by atoms with Crippen molar-refractivity contribution in [1.82, 2.24) is 0 Å². The molecule has 19 heavy (non-hydrogen) atoms. The third kappa shape index (κ3) is 3.48. The van der Waals surface area contributed by atoms with Crippen LogP contribution in [-0.2, 0) is 18.9 Å². The van der Waals surface area contributed by atoms with Crippen LogP contribution < -0.4 is 0 Å². The van der Waals surface area contributed by atoms with E-state index in [4.69, 9.17) is 18.9 Å². The molecule has 0 saturated carbocycles. The maximum Gasteiger partial charge on any atom is 0.217 e. The Labute approximate surface area is 117 Å². The van der Waals surface area contributed by atoms with Crippen molar-refractivity contribution in [2.24, 2.45) is 10.8 Å². The van der Waals surface area contributed by atoms with Gasteiger partial charge in [0.2, 0.25) is 12.1 Å². The van der Waals surface area contributed by atoms with Gasteiger partial charge in [0.1, 0.15) is 0 Å². The van der Waals surface area contributed by atoms with Crippen LogP contribution >= 0.6 is 0 Å². The summed E-state index contributed by atoms with van der Waals surface area (Å²) in [5.74, 6) is -0.881. The Balaban J connectivity index is 3.12. The summed E-state index contributed by atoms with van der Waals surface area (Å²) in [5.41, 5.74) is -0.0831. The van der Waals surface area contributed by atoms with Gasteiger partial charge < -0.3 is 18.9 Å². The fourth-order valence-corrected chi connectivity index (χ4v) is 2.40. The molecule has 3 unspecified atom stereocenters. The monoisotopic (exact) mass is 274 g/mol. The van der Waals surface area contributed by atoms with E-state index in [1.807, 2.05) is 6.92 Å². The summed E-state index contributed by atoms with van der Waals surface area (Å²) in [6.45, 7) is 14.8. The normalized spacial score (nSPS) is 37.4. The number of methoxy groups -OCH3 is 2. The standard InChI is InChI=1S/C15H30O4/c1-13(2,3)10-11(14(4,5)6)19-15(7,17-9)12(16-8)18-10/h10-12H,1-9H3/t10?,11?,12?,15-/m1/s1. The number of ether oxygens (including phenoxy) is 4. The van der Waals surface area contributed by atoms with Gasteiger partial charge in [0.15, 0.2) is 0 Å². The Kier molecular flexibility index (Phi) is 4.73. The summed E-state index contributed by atoms with van der Waals surface area (Å²) in [7, 11) is 3.23. The Morgan fingerprint density at radius 1 is 0.895 bits per heavy atom. The van der Waals surface area contributed by atoms with Crippen LogP contribution in [0, 0.1) is 10.8 Å². The van der Waals surface area contributed by atoms with Crippen LogP contribution in [0.5, 0.6) is 0 Å². The highest BCUT2D eigenvalue weighted by molar-refractivity contribution is 4.95. The van der Waals surface area contributed by atoms with Crippen molar-refractivity contribution in [1.29, 1.82) is 0 Å². The molecule has 0 radical (unpaired) electrons. The molecule has 0 aliphatic carbocycles. The summed E-state index contributed by atoms with van der Waals surface area (Å²) >= 11 is 0. The van der Waals surface area contributed by atoms with Crippen LogP contribution in [0.3, 0.4) is 0 Å². The Morgan fingerprint density at radius 2 is 1.37 bits per heavy atom. The summed E-state index contributed by atoms with van der Waals surface area (Å²) in [5, 5.41) is 0. The second-order valence-electron chi connectivity index (χ2n) is 7.61. The van der Waals surface area contributed by atoms with Gasteiger partial charge in [-0.05, 0) is 17.8 Å². The molecule has 0 N–H and O–H groups in total. The third-order valence-corrected chi connectivity index (χ3v) is 3.66. The molecular formula is C15H30O4. The molecule has 1 rings (SSSR count). The Hall–Kier alpha value is -0.160. The zero-order valence-electron chi connectivity index (χ0n) is 13.9. The van der Waals surface area contributed by atoms with Gasteiger partial charge in [-0.25, -0.2) is 0 Å². The second-order valence-corrected chi connectivity index (χ2v) is 7.61. The lowest BCUT2D eigenvalue weighted by atomic mass is 9.75. The molecule has 1 aliphatic rings. The minimum atomic E-state index is -0.881. The van der Waals surface area contributed by atoms with Crippen LogP contribution in [0.15, 0.2) is 0 Å². The average molecular weight is 274 g/mol. The van der Waals surface area contributed by atoms with Crippen LogP contribution in [0.4, 0.5) is 0 Å². The highest BCUT2D eigenvalue weighted by Gasteiger charge is 2.54. The zero-order valence-corrected chi connectivity index (χ0v) is 13.9. The summed E-state index contributed by atoms with van der Waals surface area (Å²) in [6, 6.07) is 0. The molecule has 0 aromatic rings. The number of hydrogen-bond donors (Lipinski definition) is 0. The quantitative estimate of drug-likeness (QED) is 0.775. The van der Waals surface area contributed by atoms with Crippen molar-refractivity contribution in [3.05, 3.63) is 0 Å². The van der Waals surface area contributed by atoms with Gasteiger partial charge >= 0.3 is 0 Å². The molecule has 4 heteroatoms. The maximum absolute atomic E-state index is 6.26. The highest BCUT2D eigenvalue weighted by atomic mass is 16.8. The molecule has 114 valence electrons. The second kappa shape index (κ2) is 5.32. The highest BCUT2D eigenvalue weighted by Crippen LogP contribution is 2.43. The molecule has 1 fully saturated rings. The molecule has 4 nitrogen and oxygen atoms in total. The Bertz CT molecular complexity index is 302. The zero-order chi connectivity index (χ0) is 15.1. The first kappa shape index (κ1) is 16.9. The molecule has 1 aliphatic heterocycles. The van der Waals surface area contributed by atoms with Crippen molar-refractivity contribution in [3.63, 3.8) is 0 Å². The van der Waals surface area contributed by atoms with Crippen molar-refractivity contribution in [3.8, 4) is 0 Å². The molecule has 1 saturated heterocycles. The van der Waals surface area contributed by atoms with Gasteiger partial charge in [-0.2, -0.15) is 0 Å². The first-order chi connectivity index (χ1) is 8.45. The summed E-state index contributed by atoms with van der Waals surface area (Å²) in [4.78, 5) is 0. The fourth-order valence-electron chi connectivity index (χ4n) is 2.40. The lowest BCUT2D eigenvalue weighted by Crippen LogP contribution is -2.63. The molecule has 0 aromatic carbocycles. The van der Waals surface area contributed by atoms with E-state index in [0.717, 1.165) is 0 Å². The van der Waals surface area contributed by atoms with Crippen molar-refractivity contribution in [2.45, 2.75) is 72.8 Å². The van der Waals surface area contributed by atoms with E-state index in [1.54, 1.807) is 14.2 Å². The first-order valence-electron chi connectivity index (χ1n) is 6.87. The largest absolute Gasteiger partial charge is 0.351 e. The van der Waals surface area contributed by atoms with Crippen molar-refractivity contribution >= 4 is 0 Å². The summed E-state index contributed by atoms with van der Waals surface area (Å²) in [6.07, 6.45) is -0.648. The molecule has 0 aromatic heterocycles. The number of hydrogen-bond acceptors (Lipinski definition) is 4. The molecule has 1 heterocycles. The van der Waals surface area contributed by atoms with Gasteiger partial charge in [-0.15, -0.1) is 0 Å². The smallest absolute Gasteiger partial charge is 0.217 e. The Morgan fingerprint density at radius 3 is 1.68 bits per heavy atom. The first-order valence-corrected chi connectivity index (χ1v) is 6.87. The number of rotatable bonds is 2. The third-order valence-electron chi connectivity index (χ3n) is 3.66. The fraction of sp³-hybridized carbons (Fsp3) is 1.00. The van der Waals surface area contributed by atoms with Crippen molar-refractivity contribution in [2.75, 3.05) is 14.2 Å². The molecular weight excluding hydrogens is 244 g/mol. The maximum atomic E-state index is 6.26. The lowest BCUT2D eigenvalue weighted by Gasteiger charge is -2.53. The minimum absolute atomic E-state index is 0.0379. The topological polar surface area (TPSA) is 36.9 Å². The van der Waals surface area contributed by atoms with E-state index < -0.39 is 12.1 Å². The summed E-state index contributed by atoms with van der Waals surface area (Å²) < 4.78 is 23.3. The molecule has 4 atom stereocenters. The van der Waals surface area contributed by atoms with Crippen LogP contribution in [0.25, 0.3) is 0 Å². The van der Waals surface area contributed by atoms with E-state index >= 15 is 0 Å².